The molecule has 0 radical (unpaired) electrons. The third-order valence-electron chi connectivity index (χ3n) is 3.11. The molecule has 21 heavy (non-hydrogen) atoms. The summed E-state index contributed by atoms with van der Waals surface area (Å²) in [5, 5.41) is 2.67. The predicted molar refractivity (Wildman–Crippen MR) is 84.7 cm³/mol. The third kappa shape index (κ3) is 7.34. The van der Waals surface area contributed by atoms with Gasteiger partial charge in [0.15, 0.2) is 0 Å². The maximum atomic E-state index is 11.3. The smallest absolute Gasteiger partial charge is 0.407 e. The molecule has 118 valence electrons. The molecule has 4 nitrogen and oxygen atoms in total. The zero-order valence-electron chi connectivity index (χ0n) is 12.7. The SMILES string of the molecule is CCCCNC(=O)OCCOC(Cl)C(C)c1ccccc1. The molecule has 0 aliphatic rings. The Morgan fingerprint density at radius 3 is 2.67 bits per heavy atom. The standard InChI is InChI=1S/C16H24ClNO3/c1-3-4-10-18-16(19)21-12-11-20-15(17)13(2)14-8-6-5-7-9-14/h5-9,13,15H,3-4,10-12H2,1-2H3,(H,18,19). The fraction of sp³-hybridized carbons (Fsp3) is 0.562. The summed E-state index contributed by atoms with van der Waals surface area (Å²) in [4.78, 5) is 11.3. The molecule has 0 heterocycles. The Morgan fingerprint density at radius 1 is 1.29 bits per heavy atom. The number of rotatable bonds is 9. The lowest BCUT2D eigenvalue weighted by atomic mass is 10.0. The van der Waals surface area contributed by atoms with Crippen molar-refractivity contribution in [1.29, 1.82) is 0 Å². The Bertz CT molecular complexity index is 400. The van der Waals surface area contributed by atoms with E-state index in [1.54, 1.807) is 0 Å². The molecule has 0 aliphatic carbocycles. The second kappa shape index (κ2) is 10.5. The number of hydrogen-bond donors (Lipinski definition) is 1. The number of unbranched alkanes of at least 4 members (excludes halogenated alkanes) is 1. The summed E-state index contributed by atoms with van der Waals surface area (Å²) in [6.45, 7) is 5.19. The van der Waals surface area contributed by atoms with Crippen LogP contribution in [0.2, 0.25) is 0 Å². The molecule has 0 bridgehead atoms. The molecular formula is C16H24ClNO3. The summed E-state index contributed by atoms with van der Waals surface area (Å²) in [5.41, 5.74) is 0.676. The molecule has 0 spiro atoms. The van der Waals surface area contributed by atoms with E-state index in [-0.39, 0.29) is 19.1 Å². The molecule has 0 aromatic heterocycles. The molecule has 0 saturated heterocycles. The Morgan fingerprint density at radius 2 is 2.00 bits per heavy atom. The number of alkyl carbamates (subject to hydrolysis) is 1. The van der Waals surface area contributed by atoms with Gasteiger partial charge in [-0.1, -0.05) is 62.2 Å². The van der Waals surface area contributed by atoms with Gasteiger partial charge in [-0.15, -0.1) is 0 Å². The highest BCUT2D eigenvalue weighted by molar-refractivity contribution is 6.20. The second-order valence-corrected chi connectivity index (χ2v) is 5.27. The van der Waals surface area contributed by atoms with Gasteiger partial charge in [0.25, 0.3) is 0 Å². The van der Waals surface area contributed by atoms with E-state index in [9.17, 15) is 4.79 Å². The van der Waals surface area contributed by atoms with Gasteiger partial charge in [0.1, 0.15) is 12.2 Å². The highest BCUT2D eigenvalue weighted by atomic mass is 35.5. The highest BCUT2D eigenvalue weighted by Gasteiger charge is 2.16. The fourth-order valence-corrected chi connectivity index (χ4v) is 2.00. The lowest BCUT2D eigenvalue weighted by Gasteiger charge is -2.19. The molecule has 0 saturated carbocycles. The van der Waals surface area contributed by atoms with Crippen molar-refractivity contribution in [2.24, 2.45) is 0 Å². The highest BCUT2D eigenvalue weighted by Crippen LogP contribution is 2.23. The molecule has 0 fully saturated rings. The number of carbonyl (C=O) groups is 1. The first-order valence-electron chi connectivity index (χ1n) is 7.36. The summed E-state index contributed by atoms with van der Waals surface area (Å²) in [6, 6.07) is 9.94. The van der Waals surface area contributed by atoms with Crippen molar-refractivity contribution in [3.05, 3.63) is 35.9 Å². The number of amides is 1. The Balaban J connectivity index is 2.16. The van der Waals surface area contributed by atoms with Crippen LogP contribution in [0, 0.1) is 0 Å². The van der Waals surface area contributed by atoms with Gasteiger partial charge in [0.05, 0.1) is 6.61 Å². The number of carbonyl (C=O) groups excluding carboxylic acids is 1. The van der Waals surface area contributed by atoms with Gasteiger partial charge in [0.2, 0.25) is 0 Å². The van der Waals surface area contributed by atoms with Crippen LogP contribution in [0.15, 0.2) is 30.3 Å². The number of halogens is 1. The van der Waals surface area contributed by atoms with Gasteiger partial charge >= 0.3 is 6.09 Å². The molecular weight excluding hydrogens is 290 g/mol. The maximum absolute atomic E-state index is 11.3. The summed E-state index contributed by atoms with van der Waals surface area (Å²) in [7, 11) is 0. The number of hydrogen-bond acceptors (Lipinski definition) is 3. The maximum Gasteiger partial charge on any atom is 0.407 e. The molecule has 1 N–H and O–H groups in total. The predicted octanol–water partition coefficient (Wildman–Crippen LogP) is 3.90. The van der Waals surface area contributed by atoms with Crippen molar-refractivity contribution in [1.82, 2.24) is 5.32 Å². The Hall–Kier alpha value is -1.26. The van der Waals surface area contributed by atoms with E-state index in [0.29, 0.717) is 6.54 Å². The monoisotopic (exact) mass is 313 g/mol. The van der Waals surface area contributed by atoms with Gasteiger partial charge < -0.3 is 14.8 Å². The average Bonchev–Trinajstić information content (AvgIpc) is 2.51. The minimum atomic E-state index is -0.445. The van der Waals surface area contributed by atoms with Crippen LogP contribution < -0.4 is 5.32 Å². The van der Waals surface area contributed by atoms with Crippen molar-refractivity contribution in [2.75, 3.05) is 19.8 Å². The second-order valence-electron chi connectivity index (χ2n) is 4.84. The zero-order chi connectivity index (χ0) is 15.5. The summed E-state index contributed by atoms with van der Waals surface area (Å²) < 4.78 is 10.5. The number of alkyl halides is 1. The van der Waals surface area contributed by atoms with Gasteiger partial charge in [-0.05, 0) is 12.0 Å². The van der Waals surface area contributed by atoms with Crippen LogP contribution in [-0.2, 0) is 9.47 Å². The van der Waals surface area contributed by atoms with Gasteiger partial charge in [-0.25, -0.2) is 4.79 Å². The Kier molecular flexibility index (Phi) is 8.87. The normalized spacial score (nSPS) is 13.5. The summed E-state index contributed by atoms with van der Waals surface area (Å²) in [5.74, 6) is 0.0752. The van der Waals surface area contributed by atoms with E-state index in [4.69, 9.17) is 21.1 Å². The first-order valence-corrected chi connectivity index (χ1v) is 7.80. The van der Waals surface area contributed by atoms with Crippen molar-refractivity contribution in [3.63, 3.8) is 0 Å². The first-order chi connectivity index (χ1) is 10.1. The largest absolute Gasteiger partial charge is 0.447 e. The molecule has 2 atom stereocenters. The molecule has 1 aromatic rings. The Labute approximate surface area is 131 Å². The molecule has 1 rings (SSSR count). The van der Waals surface area contributed by atoms with Gasteiger partial charge in [-0.2, -0.15) is 0 Å². The van der Waals surface area contributed by atoms with Crippen LogP contribution in [0.1, 0.15) is 38.2 Å². The number of benzene rings is 1. The topological polar surface area (TPSA) is 47.6 Å². The van der Waals surface area contributed by atoms with Crippen molar-refractivity contribution in [2.45, 2.75) is 38.2 Å². The zero-order valence-corrected chi connectivity index (χ0v) is 13.4. The van der Waals surface area contributed by atoms with Crippen LogP contribution in [0.3, 0.4) is 0 Å². The van der Waals surface area contributed by atoms with Crippen molar-refractivity contribution >= 4 is 17.7 Å². The molecule has 1 aromatic carbocycles. The quantitative estimate of drug-likeness (QED) is 0.555. The third-order valence-corrected chi connectivity index (χ3v) is 3.62. The molecule has 1 amide bonds. The molecule has 0 aliphatic heterocycles. The van der Waals surface area contributed by atoms with E-state index in [2.05, 4.69) is 12.2 Å². The summed E-state index contributed by atoms with van der Waals surface area (Å²) in [6.07, 6.45) is 1.58. The minimum Gasteiger partial charge on any atom is -0.447 e. The van der Waals surface area contributed by atoms with Crippen LogP contribution in [-0.4, -0.2) is 31.4 Å². The molecule has 5 heteroatoms. The van der Waals surface area contributed by atoms with E-state index in [0.717, 1.165) is 18.4 Å². The van der Waals surface area contributed by atoms with Crippen molar-refractivity contribution in [3.8, 4) is 0 Å². The lowest BCUT2D eigenvalue weighted by molar-refractivity contribution is 0.0494. The lowest BCUT2D eigenvalue weighted by Crippen LogP contribution is -2.27. The average molecular weight is 314 g/mol. The van der Waals surface area contributed by atoms with Crippen LogP contribution >= 0.6 is 11.6 Å². The fourth-order valence-electron chi connectivity index (χ4n) is 1.77. The molecule has 2 unspecified atom stereocenters. The van der Waals surface area contributed by atoms with Gasteiger partial charge in [-0.3, -0.25) is 0 Å². The minimum absolute atomic E-state index is 0.0752. The van der Waals surface area contributed by atoms with Crippen LogP contribution in [0.25, 0.3) is 0 Å². The number of nitrogens with one attached hydrogen (secondary N) is 1. The van der Waals surface area contributed by atoms with Crippen molar-refractivity contribution < 1.29 is 14.3 Å². The first kappa shape index (κ1) is 17.8. The van der Waals surface area contributed by atoms with E-state index in [1.807, 2.05) is 37.3 Å². The van der Waals surface area contributed by atoms with E-state index in [1.165, 1.54) is 0 Å². The van der Waals surface area contributed by atoms with Crippen LogP contribution in [0.5, 0.6) is 0 Å². The van der Waals surface area contributed by atoms with Gasteiger partial charge in [0, 0.05) is 12.5 Å². The van der Waals surface area contributed by atoms with E-state index >= 15 is 0 Å². The number of ether oxygens (including phenoxy) is 2. The van der Waals surface area contributed by atoms with E-state index < -0.39 is 11.7 Å². The van der Waals surface area contributed by atoms with Crippen LogP contribution in [0.4, 0.5) is 4.79 Å². The summed E-state index contributed by atoms with van der Waals surface area (Å²) >= 11 is 6.21.